The molecule has 0 aliphatic heterocycles. The zero-order valence-electron chi connectivity index (χ0n) is 20.6. The molecule has 0 spiro atoms. The molecule has 0 heterocycles. The van der Waals surface area contributed by atoms with Gasteiger partial charge in [0.2, 0.25) is 4.99 Å². The van der Waals surface area contributed by atoms with Gasteiger partial charge in [-0.2, -0.15) is 79.8 Å². The molecule has 0 rings (SSSR count). The molecule has 260 valence electrons. The van der Waals surface area contributed by atoms with Crippen molar-refractivity contribution in [3.05, 3.63) is 0 Å². The van der Waals surface area contributed by atoms with E-state index in [1.165, 1.54) is 0 Å². The Morgan fingerprint density at radius 3 is 1.12 bits per heavy atom. The van der Waals surface area contributed by atoms with Crippen LogP contribution in [0.5, 0.6) is 0 Å². The van der Waals surface area contributed by atoms with Gasteiger partial charge in [-0.25, -0.2) is 19.3 Å². The van der Waals surface area contributed by atoms with E-state index in [9.17, 15) is 83.1 Å². The molecule has 0 amide bonds. The molecule has 7 nitrogen and oxygen atoms in total. The molecule has 1 atom stereocenters. The topological polar surface area (TPSA) is 90.7 Å². The summed E-state index contributed by atoms with van der Waals surface area (Å²) in [6.07, 6.45) is -9.45. The second-order valence-corrected chi connectivity index (χ2v) is 9.67. The number of nitrogens with one attached hydrogen (secondary N) is 2. The molecule has 1 unspecified atom stereocenters. The van der Waals surface area contributed by atoms with Crippen LogP contribution in [0.1, 0.15) is 13.3 Å². The molecular formula is C14H21Cl3F17N5O2S. The third-order valence-electron chi connectivity index (χ3n) is 5.20. The molecule has 28 heteroatoms. The molecule has 0 aromatic carbocycles. The van der Waals surface area contributed by atoms with E-state index in [0.29, 0.717) is 21.0 Å². The van der Waals surface area contributed by atoms with Crippen molar-refractivity contribution in [3.63, 3.8) is 0 Å². The van der Waals surface area contributed by atoms with Crippen LogP contribution < -0.4 is 16.6 Å². The molecule has 0 saturated heterocycles. The first-order valence-electron chi connectivity index (χ1n) is 9.37. The van der Waals surface area contributed by atoms with Crippen molar-refractivity contribution in [2.75, 3.05) is 21.1 Å². The summed E-state index contributed by atoms with van der Waals surface area (Å²) in [4.78, 5) is -4.10. The Labute approximate surface area is 243 Å². The van der Waals surface area contributed by atoms with E-state index in [1.807, 2.05) is 5.43 Å². The van der Waals surface area contributed by atoms with Gasteiger partial charge in [0.25, 0.3) is 9.84 Å². The van der Waals surface area contributed by atoms with Gasteiger partial charge >= 0.3 is 47.0 Å². The zero-order chi connectivity index (χ0) is 32.3. The van der Waals surface area contributed by atoms with Gasteiger partial charge in [0, 0.05) is 21.1 Å². The predicted molar refractivity (Wildman–Crippen MR) is 116 cm³/mol. The summed E-state index contributed by atoms with van der Waals surface area (Å²) in [5, 5.41) is -7.75. The van der Waals surface area contributed by atoms with E-state index in [2.05, 4.69) is 0 Å². The van der Waals surface area contributed by atoms with E-state index in [1.54, 1.807) is 5.43 Å². The Kier molecular flexibility index (Phi) is 15.4. The zero-order valence-corrected chi connectivity index (χ0v) is 23.8. The highest BCUT2D eigenvalue weighted by Crippen LogP contribution is 2.64. The molecule has 0 radical (unpaired) electrons. The lowest BCUT2D eigenvalue weighted by molar-refractivity contribution is -0.458. The number of nitrogens with two attached hydrogens (primary N) is 1. The van der Waals surface area contributed by atoms with Gasteiger partial charge in [-0.15, -0.1) is 42.3 Å². The summed E-state index contributed by atoms with van der Waals surface area (Å²) in [5.74, 6) is -52.1. The van der Waals surface area contributed by atoms with Crippen LogP contribution in [-0.2, 0) is 9.84 Å². The summed E-state index contributed by atoms with van der Waals surface area (Å²) in [5.41, 5.74) is 8.79. The monoisotopic (exact) mass is 751 g/mol. The van der Waals surface area contributed by atoms with Crippen molar-refractivity contribution < 1.29 is 83.1 Å². The second kappa shape index (κ2) is 13.4. The van der Waals surface area contributed by atoms with Crippen molar-refractivity contribution in [2.24, 2.45) is 5.73 Å². The molecule has 0 saturated carbocycles. The minimum absolute atomic E-state index is 0. The summed E-state index contributed by atoms with van der Waals surface area (Å²) in [7, 11) is -5.42. The van der Waals surface area contributed by atoms with Crippen LogP contribution in [0.3, 0.4) is 0 Å². The lowest BCUT2D eigenvalue weighted by atomic mass is 9.91. The molecule has 0 aliphatic rings. The number of rotatable bonds is 13. The maximum absolute atomic E-state index is 14.6. The Morgan fingerprint density at radius 1 is 0.595 bits per heavy atom. The Hall–Kier alpha value is -0.570. The number of sulfone groups is 1. The quantitative estimate of drug-likeness (QED) is 0.138. The van der Waals surface area contributed by atoms with Crippen LogP contribution in [0.15, 0.2) is 0 Å². The van der Waals surface area contributed by atoms with Crippen LogP contribution in [-0.4, -0.2) is 91.8 Å². The third kappa shape index (κ3) is 6.13. The SMILES string of the molecule is CCC(N)(N(NC)N(C)NC)S(=O)(=O)C(F)(F)C(F)(F)C(F)(F)C(F)(F)C(F)(F)C(F)(F)C(F)(F)C(F)(F)F.Cl.Cl.Cl. The summed E-state index contributed by atoms with van der Waals surface area (Å²) in [6, 6.07) is 0. The summed E-state index contributed by atoms with van der Waals surface area (Å²) in [6.45, 7) is 0.500. The molecule has 0 bridgehead atoms. The van der Waals surface area contributed by atoms with Crippen molar-refractivity contribution >= 4 is 47.1 Å². The van der Waals surface area contributed by atoms with E-state index in [-0.39, 0.29) is 47.5 Å². The van der Waals surface area contributed by atoms with E-state index >= 15 is 0 Å². The molecule has 0 aromatic heterocycles. The van der Waals surface area contributed by atoms with Gasteiger partial charge < -0.3 is 0 Å². The van der Waals surface area contributed by atoms with Gasteiger partial charge in [0.05, 0.1) is 0 Å². The highest BCUT2D eigenvalue weighted by atomic mass is 35.5. The first-order chi connectivity index (χ1) is 16.7. The number of hydrazine groups is 3. The van der Waals surface area contributed by atoms with E-state index in [4.69, 9.17) is 5.73 Å². The maximum Gasteiger partial charge on any atom is 0.460 e. The highest BCUT2D eigenvalue weighted by molar-refractivity contribution is 7.93. The van der Waals surface area contributed by atoms with Gasteiger partial charge in [0.15, 0.2) is 0 Å². The van der Waals surface area contributed by atoms with Gasteiger partial charge in [-0.3, -0.25) is 5.73 Å². The minimum Gasteiger partial charge on any atom is -0.298 e. The summed E-state index contributed by atoms with van der Waals surface area (Å²) >= 11 is 0. The predicted octanol–water partition coefficient (Wildman–Crippen LogP) is 5.07. The van der Waals surface area contributed by atoms with Crippen molar-refractivity contribution in [1.82, 2.24) is 21.1 Å². The fourth-order valence-corrected chi connectivity index (χ4v) is 4.42. The summed E-state index contributed by atoms with van der Waals surface area (Å²) < 4.78 is 254. The Morgan fingerprint density at radius 2 is 0.881 bits per heavy atom. The lowest BCUT2D eigenvalue weighted by Crippen LogP contribution is -2.78. The van der Waals surface area contributed by atoms with Crippen LogP contribution in [0.4, 0.5) is 74.6 Å². The average Bonchev–Trinajstić information content (AvgIpc) is 2.76. The highest BCUT2D eigenvalue weighted by Gasteiger charge is 2.96. The maximum atomic E-state index is 14.6. The standard InChI is InChI=1S/C14H18F17N5O2S.3ClH/c1-5-6(32,36(34-3)35(4)33-2)39(37,38)14(30,31)12(25,26)10(21,22)8(17,18)7(15,16)9(19,20)11(23,24)13(27,28)29;;;/h33-34H,5,32H2,1-4H3;3*1H. The largest absolute Gasteiger partial charge is 0.460 e. The number of halogens is 20. The first kappa shape index (κ1) is 48.3. The number of nitrogens with zero attached hydrogens (tertiary/aromatic N) is 2. The fraction of sp³-hybridized carbons (Fsp3) is 1.00. The van der Waals surface area contributed by atoms with E-state index in [0.717, 1.165) is 7.05 Å². The van der Waals surface area contributed by atoms with Gasteiger partial charge in [-0.1, -0.05) is 6.92 Å². The molecule has 0 fully saturated rings. The normalized spacial score (nSPS) is 16.4. The van der Waals surface area contributed by atoms with Crippen LogP contribution >= 0.6 is 37.2 Å². The van der Waals surface area contributed by atoms with Crippen molar-refractivity contribution in [1.29, 1.82) is 0 Å². The molecule has 42 heavy (non-hydrogen) atoms. The number of hydrogen-bond acceptors (Lipinski definition) is 7. The molecule has 0 aliphatic carbocycles. The lowest BCUT2D eigenvalue weighted by Gasteiger charge is -2.46. The Balaban J connectivity index is -0.00000241. The average molecular weight is 753 g/mol. The fourth-order valence-electron chi connectivity index (χ4n) is 2.69. The third-order valence-corrected chi connectivity index (χ3v) is 7.52. The van der Waals surface area contributed by atoms with Crippen LogP contribution in [0.25, 0.3) is 0 Å². The number of alkyl halides is 17. The molecular weight excluding hydrogens is 732 g/mol. The molecule has 0 aromatic rings. The van der Waals surface area contributed by atoms with Crippen LogP contribution in [0.2, 0.25) is 0 Å². The van der Waals surface area contributed by atoms with Crippen LogP contribution in [0, 0.1) is 0 Å². The Bertz CT molecular complexity index is 1000. The number of hydrogen-bond donors (Lipinski definition) is 3. The van der Waals surface area contributed by atoms with Gasteiger partial charge in [-0.05, 0) is 6.42 Å². The minimum atomic E-state index is -8.92. The van der Waals surface area contributed by atoms with Crippen molar-refractivity contribution in [2.45, 2.75) is 65.3 Å². The smallest absolute Gasteiger partial charge is 0.298 e. The molecule has 4 N–H and O–H groups in total. The second-order valence-electron chi connectivity index (χ2n) is 7.45. The van der Waals surface area contributed by atoms with Crippen molar-refractivity contribution in [3.8, 4) is 0 Å². The first-order valence-corrected chi connectivity index (χ1v) is 10.9. The van der Waals surface area contributed by atoms with Gasteiger partial charge in [0.1, 0.15) is 0 Å². The van der Waals surface area contributed by atoms with E-state index < -0.39 is 68.2 Å².